The molecule has 1 aliphatic carbocycles. The van der Waals surface area contributed by atoms with Gasteiger partial charge in [0.15, 0.2) is 0 Å². The van der Waals surface area contributed by atoms with Gasteiger partial charge in [-0.15, -0.1) is 0 Å². The Labute approximate surface area is 114 Å². The van der Waals surface area contributed by atoms with Gasteiger partial charge < -0.3 is 5.32 Å². The van der Waals surface area contributed by atoms with Gasteiger partial charge >= 0.3 is 0 Å². The standard InChI is InChI=1S/C13H21N3O2S/c1-19(17,18)16-10-4-9-14-12-7-2-5-11-6-3-8-15-13(11)12/h3,6,8,12,14,16H,2,4-5,7,9-10H2,1H3. The molecule has 0 bridgehead atoms. The van der Waals surface area contributed by atoms with Gasteiger partial charge in [0, 0.05) is 18.8 Å². The number of aromatic nitrogens is 1. The molecule has 0 saturated heterocycles. The van der Waals surface area contributed by atoms with E-state index in [1.165, 1.54) is 18.2 Å². The number of sulfonamides is 1. The fourth-order valence-corrected chi connectivity index (χ4v) is 2.95. The van der Waals surface area contributed by atoms with Gasteiger partial charge in [0.1, 0.15) is 0 Å². The molecule has 19 heavy (non-hydrogen) atoms. The summed E-state index contributed by atoms with van der Waals surface area (Å²) in [5.74, 6) is 0. The van der Waals surface area contributed by atoms with Crippen LogP contribution in [0.2, 0.25) is 0 Å². The lowest BCUT2D eigenvalue weighted by molar-refractivity contribution is 0.444. The highest BCUT2D eigenvalue weighted by molar-refractivity contribution is 7.88. The van der Waals surface area contributed by atoms with E-state index in [1.54, 1.807) is 0 Å². The molecule has 1 unspecified atom stereocenters. The van der Waals surface area contributed by atoms with E-state index in [1.807, 2.05) is 12.3 Å². The van der Waals surface area contributed by atoms with Crippen LogP contribution in [0.1, 0.15) is 36.6 Å². The Hall–Kier alpha value is -0.980. The van der Waals surface area contributed by atoms with E-state index in [0.29, 0.717) is 12.6 Å². The molecule has 0 amide bonds. The molecule has 0 fully saturated rings. The Balaban J connectivity index is 1.78. The van der Waals surface area contributed by atoms with Gasteiger partial charge in [0.05, 0.1) is 11.9 Å². The van der Waals surface area contributed by atoms with Gasteiger partial charge in [0.25, 0.3) is 0 Å². The van der Waals surface area contributed by atoms with Gasteiger partial charge in [0.2, 0.25) is 10.0 Å². The summed E-state index contributed by atoms with van der Waals surface area (Å²) >= 11 is 0. The summed E-state index contributed by atoms with van der Waals surface area (Å²) in [5, 5.41) is 3.47. The van der Waals surface area contributed by atoms with Crippen LogP contribution in [0.3, 0.4) is 0 Å². The highest BCUT2D eigenvalue weighted by atomic mass is 32.2. The molecule has 1 aromatic rings. The van der Waals surface area contributed by atoms with Crippen molar-refractivity contribution in [1.82, 2.24) is 15.0 Å². The molecular formula is C13H21N3O2S. The first kappa shape index (κ1) is 14.4. The SMILES string of the molecule is CS(=O)(=O)NCCCNC1CCCc2cccnc21. The molecule has 1 atom stereocenters. The van der Waals surface area contributed by atoms with Gasteiger partial charge in [-0.25, -0.2) is 13.1 Å². The summed E-state index contributed by atoms with van der Waals surface area (Å²) in [5.41, 5.74) is 2.49. The van der Waals surface area contributed by atoms with Crippen molar-refractivity contribution in [2.24, 2.45) is 0 Å². The minimum Gasteiger partial charge on any atom is -0.309 e. The highest BCUT2D eigenvalue weighted by Gasteiger charge is 2.20. The molecule has 0 spiro atoms. The van der Waals surface area contributed by atoms with Crippen LogP contribution < -0.4 is 10.0 Å². The molecular weight excluding hydrogens is 262 g/mol. The molecule has 0 aliphatic heterocycles. The minimum atomic E-state index is -3.07. The van der Waals surface area contributed by atoms with Crippen LogP contribution in [0.4, 0.5) is 0 Å². The summed E-state index contributed by atoms with van der Waals surface area (Å²) < 4.78 is 24.3. The van der Waals surface area contributed by atoms with Crippen LogP contribution in [0.5, 0.6) is 0 Å². The van der Waals surface area contributed by atoms with Crippen molar-refractivity contribution in [2.75, 3.05) is 19.3 Å². The summed E-state index contributed by atoms with van der Waals surface area (Å²) in [7, 11) is -3.07. The number of fused-ring (bicyclic) bond motifs is 1. The van der Waals surface area contributed by atoms with Crippen molar-refractivity contribution in [3.63, 3.8) is 0 Å². The Morgan fingerprint density at radius 3 is 3.05 bits per heavy atom. The molecule has 106 valence electrons. The van der Waals surface area contributed by atoms with Crippen molar-refractivity contribution >= 4 is 10.0 Å². The Bertz CT molecular complexity index is 516. The van der Waals surface area contributed by atoms with Crippen molar-refractivity contribution in [3.8, 4) is 0 Å². The molecule has 2 N–H and O–H groups in total. The Kier molecular flexibility index (Phi) is 4.90. The lowest BCUT2D eigenvalue weighted by Crippen LogP contribution is -2.30. The smallest absolute Gasteiger partial charge is 0.208 e. The number of hydrogen-bond donors (Lipinski definition) is 2. The molecule has 0 aromatic carbocycles. The quantitative estimate of drug-likeness (QED) is 0.764. The zero-order valence-corrected chi connectivity index (χ0v) is 12.0. The topological polar surface area (TPSA) is 71.1 Å². The van der Waals surface area contributed by atoms with E-state index >= 15 is 0 Å². The predicted octanol–water partition coefficient (Wildman–Crippen LogP) is 0.988. The number of nitrogens with zero attached hydrogens (tertiary/aromatic N) is 1. The third-order valence-electron chi connectivity index (χ3n) is 3.30. The lowest BCUT2D eigenvalue weighted by Gasteiger charge is -2.25. The van der Waals surface area contributed by atoms with E-state index in [0.717, 1.165) is 31.5 Å². The summed E-state index contributed by atoms with van der Waals surface area (Å²) in [6.07, 6.45) is 7.19. The molecule has 1 aromatic heterocycles. The number of pyridine rings is 1. The number of hydrogen-bond acceptors (Lipinski definition) is 4. The predicted molar refractivity (Wildman–Crippen MR) is 75.4 cm³/mol. The normalized spacial score (nSPS) is 19.1. The first-order chi connectivity index (χ1) is 9.06. The summed E-state index contributed by atoms with van der Waals surface area (Å²) in [6.45, 7) is 1.27. The molecule has 2 rings (SSSR count). The second-order valence-corrected chi connectivity index (χ2v) is 6.80. The maximum absolute atomic E-state index is 10.9. The van der Waals surface area contributed by atoms with Crippen LogP contribution in [0, 0.1) is 0 Å². The molecule has 0 saturated carbocycles. The van der Waals surface area contributed by atoms with Crippen LogP contribution >= 0.6 is 0 Å². The Morgan fingerprint density at radius 2 is 2.26 bits per heavy atom. The van der Waals surface area contributed by atoms with Crippen molar-refractivity contribution in [1.29, 1.82) is 0 Å². The second kappa shape index (κ2) is 6.45. The van der Waals surface area contributed by atoms with E-state index in [4.69, 9.17) is 0 Å². The highest BCUT2D eigenvalue weighted by Crippen LogP contribution is 2.27. The molecule has 1 aliphatic rings. The minimum absolute atomic E-state index is 0.309. The van der Waals surface area contributed by atoms with E-state index < -0.39 is 10.0 Å². The monoisotopic (exact) mass is 283 g/mol. The van der Waals surface area contributed by atoms with Crippen molar-refractivity contribution in [2.45, 2.75) is 31.7 Å². The number of rotatable bonds is 6. The van der Waals surface area contributed by atoms with Crippen molar-refractivity contribution < 1.29 is 8.42 Å². The summed E-state index contributed by atoms with van der Waals surface area (Å²) in [6, 6.07) is 4.43. The average Bonchev–Trinajstić information content (AvgIpc) is 2.37. The number of nitrogens with one attached hydrogen (secondary N) is 2. The zero-order chi connectivity index (χ0) is 13.7. The fourth-order valence-electron chi connectivity index (χ4n) is 2.43. The first-order valence-corrected chi connectivity index (χ1v) is 8.57. The van der Waals surface area contributed by atoms with Crippen molar-refractivity contribution in [3.05, 3.63) is 29.6 Å². The van der Waals surface area contributed by atoms with Crippen LogP contribution in [0.15, 0.2) is 18.3 Å². The fraction of sp³-hybridized carbons (Fsp3) is 0.615. The molecule has 6 heteroatoms. The third-order valence-corrected chi connectivity index (χ3v) is 4.03. The second-order valence-electron chi connectivity index (χ2n) is 4.97. The zero-order valence-electron chi connectivity index (χ0n) is 11.2. The third kappa shape index (κ3) is 4.56. The lowest BCUT2D eigenvalue weighted by atomic mass is 9.92. The maximum atomic E-state index is 10.9. The molecule has 5 nitrogen and oxygen atoms in total. The maximum Gasteiger partial charge on any atom is 0.208 e. The molecule has 1 heterocycles. The van der Waals surface area contributed by atoms with Crippen LogP contribution in [-0.2, 0) is 16.4 Å². The van der Waals surface area contributed by atoms with Crippen LogP contribution in [0.25, 0.3) is 0 Å². The van der Waals surface area contributed by atoms with Gasteiger partial charge in [-0.1, -0.05) is 6.07 Å². The van der Waals surface area contributed by atoms with Gasteiger partial charge in [-0.3, -0.25) is 4.98 Å². The van der Waals surface area contributed by atoms with E-state index in [9.17, 15) is 8.42 Å². The van der Waals surface area contributed by atoms with Crippen LogP contribution in [-0.4, -0.2) is 32.7 Å². The number of aryl methyl sites for hydroxylation is 1. The Morgan fingerprint density at radius 1 is 1.42 bits per heavy atom. The van der Waals surface area contributed by atoms with E-state index in [2.05, 4.69) is 21.1 Å². The summed E-state index contributed by atoms with van der Waals surface area (Å²) in [4.78, 5) is 4.46. The molecule has 0 radical (unpaired) electrons. The van der Waals surface area contributed by atoms with E-state index in [-0.39, 0.29) is 0 Å². The first-order valence-electron chi connectivity index (χ1n) is 6.68. The average molecular weight is 283 g/mol. The largest absolute Gasteiger partial charge is 0.309 e. The van der Waals surface area contributed by atoms with Gasteiger partial charge in [-0.2, -0.15) is 0 Å². The van der Waals surface area contributed by atoms with Gasteiger partial charge in [-0.05, 0) is 43.9 Å².